The Balaban J connectivity index is 1.26. The number of carbonyl (C=O) groups is 1. The van der Waals surface area contributed by atoms with Crippen LogP contribution in [0.15, 0.2) is 42.7 Å². The van der Waals surface area contributed by atoms with E-state index in [1.165, 1.54) is 5.56 Å². The van der Waals surface area contributed by atoms with E-state index >= 15 is 0 Å². The fraction of sp³-hybridized carbons (Fsp3) is 0.522. The predicted molar refractivity (Wildman–Crippen MR) is 116 cm³/mol. The van der Waals surface area contributed by atoms with Crippen LogP contribution >= 0.6 is 0 Å². The van der Waals surface area contributed by atoms with Crippen molar-refractivity contribution in [2.75, 3.05) is 50.8 Å². The van der Waals surface area contributed by atoms with E-state index in [2.05, 4.69) is 36.8 Å². The van der Waals surface area contributed by atoms with Crippen molar-refractivity contribution in [3.05, 3.63) is 48.3 Å². The van der Waals surface area contributed by atoms with E-state index in [-0.39, 0.29) is 11.8 Å². The summed E-state index contributed by atoms with van der Waals surface area (Å²) in [5.41, 5.74) is 1.28. The van der Waals surface area contributed by atoms with Gasteiger partial charge in [-0.1, -0.05) is 12.1 Å². The number of ether oxygens (including phenoxy) is 1. The van der Waals surface area contributed by atoms with Crippen molar-refractivity contribution in [1.82, 2.24) is 19.8 Å². The number of amides is 1. The molecule has 2 saturated heterocycles. The van der Waals surface area contributed by atoms with Crippen molar-refractivity contribution in [1.29, 1.82) is 0 Å². The second kappa shape index (κ2) is 9.89. The van der Waals surface area contributed by atoms with E-state index < -0.39 is 0 Å². The van der Waals surface area contributed by atoms with Crippen LogP contribution in [-0.4, -0.2) is 71.6 Å². The van der Waals surface area contributed by atoms with Gasteiger partial charge in [0.15, 0.2) is 0 Å². The first-order valence-corrected chi connectivity index (χ1v) is 11.0. The number of aromatic nitrogens is 2. The fourth-order valence-electron chi connectivity index (χ4n) is 4.32. The Bertz CT molecular complexity index is 806. The summed E-state index contributed by atoms with van der Waals surface area (Å²) in [7, 11) is 0. The standard InChI is InChI=1S/C23H31N5O2/c1-2-30-21-8-6-19(7-9-21)17-26-13-15-27(16-14-26)22(29)20-5-3-12-28(18-20)23-24-10-4-11-25-23/h4,6-11,20H,2-3,5,12-18H2,1H3/t20-/m0/s1. The van der Waals surface area contributed by atoms with Crippen LogP contribution < -0.4 is 9.64 Å². The number of carbonyl (C=O) groups excluding carboxylic acids is 1. The molecule has 0 saturated carbocycles. The molecule has 30 heavy (non-hydrogen) atoms. The predicted octanol–water partition coefficient (Wildman–Crippen LogP) is 2.44. The number of hydrogen-bond acceptors (Lipinski definition) is 6. The Morgan fingerprint density at radius 3 is 2.50 bits per heavy atom. The molecular formula is C23H31N5O2. The molecule has 7 heteroatoms. The number of hydrogen-bond donors (Lipinski definition) is 0. The summed E-state index contributed by atoms with van der Waals surface area (Å²) in [4.78, 5) is 28.4. The normalized spacial score (nSPS) is 20.2. The average Bonchev–Trinajstić information content (AvgIpc) is 2.81. The Morgan fingerprint density at radius 2 is 1.80 bits per heavy atom. The first-order valence-electron chi connectivity index (χ1n) is 11.0. The second-order valence-electron chi connectivity index (χ2n) is 8.01. The molecule has 1 atom stereocenters. The van der Waals surface area contributed by atoms with Gasteiger partial charge < -0.3 is 14.5 Å². The molecule has 2 fully saturated rings. The highest BCUT2D eigenvalue weighted by Crippen LogP contribution is 2.23. The first kappa shape index (κ1) is 20.6. The van der Waals surface area contributed by atoms with Gasteiger partial charge in [0.2, 0.25) is 11.9 Å². The van der Waals surface area contributed by atoms with E-state index in [9.17, 15) is 4.79 Å². The van der Waals surface area contributed by atoms with E-state index in [1.54, 1.807) is 12.4 Å². The monoisotopic (exact) mass is 409 g/mol. The molecule has 1 aromatic heterocycles. The molecule has 0 N–H and O–H groups in total. The molecule has 1 amide bonds. The van der Waals surface area contributed by atoms with E-state index in [4.69, 9.17) is 4.74 Å². The number of rotatable bonds is 6. The SMILES string of the molecule is CCOc1ccc(CN2CCN(C(=O)[C@H]3CCCN(c4ncccn4)C3)CC2)cc1. The van der Waals surface area contributed by atoms with Crippen molar-refractivity contribution in [3.8, 4) is 5.75 Å². The van der Waals surface area contributed by atoms with E-state index in [0.29, 0.717) is 6.61 Å². The molecule has 1 aromatic carbocycles. The molecule has 0 spiro atoms. The van der Waals surface area contributed by atoms with Crippen molar-refractivity contribution in [2.24, 2.45) is 5.92 Å². The molecular weight excluding hydrogens is 378 g/mol. The number of anilines is 1. The molecule has 0 aliphatic carbocycles. The second-order valence-corrected chi connectivity index (χ2v) is 8.01. The molecule has 0 radical (unpaired) electrons. The Hall–Kier alpha value is -2.67. The van der Waals surface area contributed by atoms with Crippen LogP contribution in [0.4, 0.5) is 5.95 Å². The molecule has 7 nitrogen and oxygen atoms in total. The lowest BCUT2D eigenvalue weighted by Crippen LogP contribution is -2.52. The van der Waals surface area contributed by atoms with E-state index in [0.717, 1.165) is 70.4 Å². The average molecular weight is 410 g/mol. The summed E-state index contributed by atoms with van der Waals surface area (Å²) in [6.07, 6.45) is 5.48. The maximum atomic E-state index is 13.1. The van der Waals surface area contributed by atoms with Crippen LogP contribution in [-0.2, 0) is 11.3 Å². The summed E-state index contributed by atoms with van der Waals surface area (Å²) in [5, 5.41) is 0. The van der Waals surface area contributed by atoms with Crippen LogP contribution in [0.1, 0.15) is 25.3 Å². The lowest BCUT2D eigenvalue weighted by atomic mass is 9.96. The van der Waals surface area contributed by atoms with Crippen molar-refractivity contribution >= 4 is 11.9 Å². The van der Waals surface area contributed by atoms with Gasteiger partial charge >= 0.3 is 0 Å². The minimum atomic E-state index is 0.0419. The van der Waals surface area contributed by atoms with Crippen LogP contribution in [0.5, 0.6) is 5.75 Å². The molecule has 160 valence electrons. The van der Waals surface area contributed by atoms with Gasteiger partial charge in [-0.2, -0.15) is 0 Å². The lowest BCUT2D eigenvalue weighted by Gasteiger charge is -2.39. The summed E-state index contributed by atoms with van der Waals surface area (Å²) in [6, 6.07) is 10.1. The lowest BCUT2D eigenvalue weighted by molar-refractivity contribution is -0.137. The zero-order valence-electron chi connectivity index (χ0n) is 17.7. The van der Waals surface area contributed by atoms with Gasteiger partial charge in [0.1, 0.15) is 5.75 Å². The van der Waals surface area contributed by atoms with Gasteiger partial charge in [0, 0.05) is 58.2 Å². The maximum absolute atomic E-state index is 13.1. The van der Waals surface area contributed by atoms with Crippen molar-refractivity contribution in [3.63, 3.8) is 0 Å². The van der Waals surface area contributed by atoms with Crippen LogP contribution in [0, 0.1) is 5.92 Å². The van der Waals surface area contributed by atoms with E-state index in [1.807, 2.05) is 25.1 Å². The largest absolute Gasteiger partial charge is 0.494 e. The third kappa shape index (κ3) is 5.08. The van der Waals surface area contributed by atoms with Gasteiger partial charge in [-0.3, -0.25) is 9.69 Å². The quantitative estimate of drug-likeness (QED) is 0.730. The van der Waals surface area contributed by atoms with Gasteiger partial charge in [0.25, 0.3) is 0 Å². The fourth-order valence-corrected chi connectivity index (χ4v) is 4.32. The van der Waals surface area contributed by atoms with Gasteiger partial charge in [-0.05, 0) is 43.5 Å². The summed E-state index contributed by atoms with van der Waals surface area (Å²) in [6.45, 7) is 8.66. The van der Waals surface area contributed by atoms with Crippen molar-refractivity contribution < 1.29 is 9.53 Å². The zero-order chi connectivity index (χ0) is 20.8. The number of benzene rings is 1. The molecule has 2 aliphatic rings. The molecule has 4 rings (SSSR count). The first-order chi connectivity index (χ1) is 14.7. The highest BCUT2D eigenvalue weighted by molar-refractivity contribution is 5.79. The molecule has 2 aromatic rings. The molecule has 0 bridgehead atoms. The van der Waals surface area contributed by atoms with Gasteiger partial charge in [0.05, 0.1) is 12.5 Å². The Morgan fingerprint density at radius 1 is 1.07 bits per heavy atom. The number of piperidine rings is 1. The topological polar surface area (TPSA) is 61.8 Å². The van der Waals surface area contributed by atoms with Crippen LogP contribution in [0.25, 0.3) is 0 Å². The minimum Gasteiger partial charge on any atom is -0.494 e. The summed E-state index contributed by atoms with van der Waals surface area (Å²) in [5.74, 6) is 1.98. The summed E-state index contributed by atoms with van der Waals surface area (Å²) < 4.78 is 5.52. The number of nitrogens with zero attached hydrogens (tertiary/aromatic N) is 5. The van der Waals surface area contributed by atoms with Crippen LogP contribution in [0.3, 0.4) is 0 Å². The third-order valence-electron chi connectivity index (χ3n) is 5.93. The van der Waals surface area contributed by atoms with Gasteiger partial charge in [-0.25, -0.2) is 9.97 Å². The summed E-state index contributed by atoms with van der Waals surface area (Å²) >= 11 is 0. The highest BCUT2D eigenvalue weighted by atomic mass is 16.5. The van der Waals surface area contributed by atoms with Gasteiger partial charge in [-0.15, -0.1) is 0 Å². The molecule has 2 aliphatic heterocycles. The number of piperazine rings is 1. The van der Waals surface area contributed by atoms with Crippen molar-refractivity contribution in [2.45, 2.75) is 26.3 Å². The third-order valence-corrected chi connectivity index (χ3v) is 5.93. The Labute approximate surface area is 178 Å². The smallest absolute Gasteiger partial charge is 0.227 e. The minimum absolute atomic E-state index is 0.0419. The maximum Gasteiger partial charge on any atom is 0.227 e. The van der Waals surface area contributed by atoms with Crippen LogP contribution in [0.2, 0.25) is 0 Å². The molecule has 0 unspecified atom stereocenters. The molecule has 3 heterocycles. The highest BCUT2D eigenvalue weighted by Gasteiger charge is 2.31. The zero-order valence-corrected chi connectivity index (χ0v) is 17.7. The Kier molecular flexibility index (Phi) is 6.79.